The summed E-state index contributed by atoms with van der Waals surface area (Å²) in [6, 6.07) is 8.75. The Morgan fingerprint density at radius 1 is 1.16 bits per heavy atom. The van der Waals surface area contributed by atoms with E-state index in [9.17, 15) is 0 Å². The number of hydrogen-bond donors (Lipinski definition) is 1. The van der Waals surface area contributed by atoms with E-state index in [0.29, 0.717) is 5.41 Å². The molecule has 0 radical (unpaired) electrons. The van der Waals surface area contributed by atoms with Crippen molar-refractivity contribution in [3.63, 3.8) is 0 Å². The highest BCUT2D eigenvalue weighted by Gasteiger charge is 2.19. The lowest BCUT2D eigenvalue weighted by atomic mass is 9.82. The smallest absolute Gasteiger partial charge is 0.0345 e. The van der Waals surface area contributed by atoms with Crippen LogP contribution >= 0.6 is 11.3 Å². The molecule has 0 saturated carbocycles. The summed E-state index contributed by atoms with van der Waals surface area (Å²) in [6.45, 7) is 9.25. The predicted molar refractivity (Wildman–Crippen MR) is 87.1 cm³/mol. The summed E-state index contributed by atoms with van der Waals surface area (Å²) in [6.07, 6.45) is 3.62. The van der Waals surface area contributed by atoms with Gasteiger partial charge in [0.15, 0.2) is 0 Å². The van der Waals surface area contributed by atoms with E-state index in [2.05, 4.69) is 55.7 Å². The fraction of sp³-hybridized carbons (Fsp3) is 0.529. The molecule has 0 unspecified atom stereocenters. The molecule has 0 aliphatic carbocycles. The number of thiophene rings is 1. The lowest BCUT2D eigenvalue weighted by Gasteiger charge is -2.24. The van der Waals surface area contributed by atoms with E-state index in [0.717, 1.165) is 13.1 Å². The molecule has 0 bridgehead atoms. The molecule has 2 aromatic rings. The average Bonchev–Trinajstić information content (AvgIpc) is 2.78. The average molecular weight is 275 g/mol. The molecule has 0 saturated heterocycles. The van der Waals surface area contributed by atoms with Crippen LogP contribution in [-0.4, -0.2) is 13.1 Å². The molecular formula is C17H25NS. The van der Waals surface area contributed by atoms with Crippen LogP contribution in [0.15, 0.2) is 29.6 Å². The standard InChI is InChI=1S/C17H25NS/c1-4-10-18-11-9-17(2,3)12-14-13-19-16-8-6-5-7-15(14)16/h5-8,13,18H,4,9-12H2,1-3H3. The van der Waals surface area contributed by atoms with Crippen LogP contribution in [0.5, 0.6) is 0 Å². The van der Waals surface area contributed by atoms with Crippen LogP contribution in [0.3, 0.4) is 0 Å². The normalized spacial score (nSPS) is 12.2. The minimum atomic E-state index is 0.366. The van der Waals surface area contributed by atoms with Gasteiger partial charge in [0.1, 0.15) is 0 Å². The molecule has 1 aromatic carbocycles. The maximum absolute atomic E-state index is 3.51. The first-order valence-corrected chi connectivity index (χ1v) is 8.16. The van der Waals surface area contributed by atoms with Gasteiger partial charge in [0.2, 0.25) is 0 Å². The lowest BCUT2D eigenvalue weighted by Crippen LogP contribution is -2.24. The predicted octanol–water partition coefficient (Wildman–Crippen LogP) is 4.86. The Labute approximate surface area is 121 Å². The van der Waals surface area contributed by atoms with Crippen LogP contribution in [-0.2, 0) is 6.42 Å². The largest absolute Gasteiger partial charge is 0.317 e. The Kier molecular flexibility index (Phi) is 5.00. The topological polar surface area (TPSA) is 12.0 Å². The van der Waals surface area contributed by atoms with Crippen molar-refractivity contribution >= 4 is 21.4 Å². The third-order valence-corrected chi connectivity index (χ3v) is 4.65. The van der Waals surface area contributed by atoms with Crippen molar-refractivity contribution in [1.82, 2.24) is 5.32 Å². The third-order valence-electron chi connectivity index (χ3n) is 3.64. The monoisotopic (exact) mass is 275 g/mol. The molecule has 1 nitrogen and oxygen atoms in total. The minimum absolute atomic E-state index is 0.366. The zero-order chi connectivity index (χ0) is 13.7. The van der Waals surface area contributed by atoms with E-state index in [4.69, 9.17) is 0 Å². The summed E-state index contributed by atoms with van der Waals surface area (Å²) >= 11 is 1.87. The highest BCUT2D eigenvalue weighted by molar-refractivity contribution is 7.17. The first-order chi connectivity index (χ1) is 9.12. The van der Waals surface area contributed by atoms with Crippen LogP contribution in [0, 0.1) is 5.41 Å². The molecule has 0 aliphatic heterocycles. The fourth-order valence-electron chi connectivity index (χ4n) is 2.50. The maximum Gasteiger partial charge on any atom is 0.0345 e. The van der Waals surface area contributed by atoms with Crippen molar-refractivity contribution in [2.75, 3.05) is 13.1 Å². The van der Waals surface area contributed by atoms with Crippen LogP contribution in [0.4, 0.5) is 0 Å². The summed E-state index contributed by atoms with van der Waals surface area (Å²) in [5, 5.41) is 7.30. The third kappa shape index (κ3) is 4.05. The van der Waals surface area contributed by atoms with Gasteiger partial charge in [-0.1, -0.05) is 39.0 Å². The van der Waals surface area contributed by atoms with E-state index in [1.54, 1.807) is 0 Å². The Bertz CT molecular complexity index is 513. The van der Waals surface area contributed by atoms with Crippen molar-refractivity contribution < 1.29 is 0 Å². The molecule has 2 rings (SSSR count). The van der Waals surface area contributed by atoms with Crippen LogP contribution < -0.4 is 5.32 Å². The van der Waals surface area contributed by atoms with E-state index >= 15 is 0 Å². The molecule has 1 heterocycles. The summed E-state index contributed by atoms with van der Waals surface area (Å²) in [4.78, 5) is 0. The zero-order valence-corrected chi connectivity index (χ0v) is 13.1. The van der Waals surface area contributed by atoms with Crippen LogP contribution in [0.2, 0.25) is 0 Å². The quantitative estimate of drug-likeness (QED) is 0.712. The highest BCUT2D eigenvalue weighted by Crippen LogP contribution is 2.32. The van der Waals surface area contributed by atoms with Crippen molar-refractivity contribution in [1.29, 1.82) is 0 Å². The van der Waals surface area contributed by atoms with E-state index < -0.39 is 0 Å². The van der Waals surface area contributed by atoms with E-state index in [1.165, 1.54) is 34.9 Å². The van der Waals surface area contributed by atoms with Crippen molar-refractivity contribution in [3.05, 3.63) is 35.2 Å². The summed E-state index contributed by atoms with van der Waals surface area (Å²) in [5.74, 6) is 0. The zero-order valence-electron chi connectivity index (χ0n) is 12.3. The summed E-state index contributed by atoms with van der Waals surface area (Å²) in [7, 11) is 0. The van der Waals surface area contributed by atoms with E-state index in [1.807, 2.05) is 11.3 Å². The van der Waals surface area contributed by atoms with Gasteiger partial charge in [-0.25, -0.2) is 0 Å². The van der Waals surface area contributed by atoms with Crippen LogP contribution in [0.25, 0.3) is 10.1 Å². The number of rotatable bonds is 7. The van der Waals surface area contributed by atoms with Gasteiger partial charge in [-0.3, -0.25) is 0 Å². The van der Waals surface area contributed by atoms with Gasteiger partial charge in [-0.2, -0.15) is 0 Å². The first-order valence-electron chi connectivity index (χ1n) is 7.28. The molecule has 0 fully saturated rings. The van der Waals surface area contributed by atoms with Gasteiger partial charge < -0.3 is 5.32 Å². The van der Waals surface area contributed by atoms with Gasteiger partial charge in [-0.05, 0) is 60.2 Å². The number of nitrogens with one attached hydrogen (secondary N) is 1. The van der Waals surface area contributed by atoms with E-state index in [-0.39, 0.29) is 0 Å². The van der Waals surface area contributed by atoms with Gasteiger partial charge >= 0.3 is 0 Å². The molecule has 0 aliphatic rings. The fourth-order valence-corrected chi connectivity index (χ4v) is 3.46. The number of fused-ring (bicyclic) bond motifs is 1. The molecular weight excluding hydrogens is 250 g/mol. The molecule has 0 amide bonds. The van der Waals surface area contributed by atoms with Gasteiger partial charge in [0.05, 0.1) is 0 Å². The first kappa shape index (κ1) is 14.5. The number of hydrogen-bond acceptors (Lipinski definition) is 2. The highest BCUT2D eigenvalue weighted by atomic mass is 32.1. The number of benzene rings is 1. The second kappa shape index (κ2) is 6.53. The van der Waals surface area contributed by atoms with Crippen molar-refractivity contribution in [3.8, 4) is 0 Å². The molecule has 104 valence electrons. The van der Waals surface area contributed by atoms with Crippen molar-refractivity contribution in [2.45, 2.75) is 40.0 Å². The maximum atomic E-state index is 3.51. The molecule has 0 atom stereocenters. The SMILES string of the molecule is CCCNCCC(C)(C)Cc1csc2ccccc12. The Hall–Kier alpha value is -0.860. The lowest BCUT2D eigenvalue weighted by molar-refractivity contribution is 0.327. The second-order valence-electron chi connectivity index (χ2n) is 6.10. The Morgan fingerprint density at radius 3 is 2.74 bits per heavy atom. The molecule has 1 aromatic heterocycles. The van der Waals surface area contributed by atoms with Gasteiger partial charge in [0, 0.05) is 4.70 Å². The second-order valence-corrected chi connectivity index (χ2v) is 7.01. The summed E-state index contributed by atoms with van der Waals surface area (Å²) < 4.78 is 1.41. The Balaban J connectivity index is 1.99. The van der Waals surface area contributed by atoms with Gasteiger partial charge in [0.25, 0.3) is 0 Å². The molecule has 19 heavy (non-hydrogen) atoms. The molecule has 0 spiro atoms. The minimum Gasteiger partial charge on any atom is -0.317 e. The molecule has 1 N–H and O–H groups in total. The van der Waals surface area contributed by atoms with Crippen LogP contribution in [0.1, 0.15) is 39.2 Å². The Morgan fingerprint density at radius 2 is 1.95 bits per heavy atom. The van der Waals surface area contributed by atoms with Gasteiger partial charge in [-0.15, -0.1) is 11.3 Å². The summed E-state index contributed by atoms with van der Waals surface area (Å²) in [5.41, 5.74) is 1.88. The molecule has 2 heteroatoms. The van der Waals surface area contributed by atoms with Crippen molar-refractivity contribution in [2.24, 2.45) is 5.41 Å².